The molecular weight excluding hydrogens is 180 g/mol. The second-order valence-corrected chi connectivity index (χ2v) is 4.00. The maximum absolute atomic E-state index is 11.0. The van der Waals surface area contributed by atoms with Gasteiger partial charge in [0.1, 0.15) is 0 Å². The molecule has 1 aliphatic heterocycles. The van der Waals surface area contributed by atoms with E-state index in [0.29, 0.717) is 5.92 Å². The van der Waals surface area contributed by atoms with E-state index in [4.69, 9.17) is 9.84 Å². The third-order valence-corrected chi connectivity index (χ3v) is 3.20. The maximum atomic E-state index is 11.0. The number of hydrogen-bond acceptors (Lipinski definition) is 2. The van der Waals surface area contributed by atoms with Gasteiger partial charge in [-0.25, -0.2) is 0 Å². The molecule has 1 N–H and O–H groups in total. The zero-order chi connectivity index (χ0) is 10.6. The largest absolute Gasteiger partial charge is 0.481 e. The molecule has 1 rings (SSSR count). The van der Waals surface area contributed by atoms with Crippen molar-refractivity contribution in [2.24, 2.45) is 11.8 Å². The van der Waals surface area contributed by atoms with Gasteiger partial charge in [0.2, 0.25) is 0 Å². The number of carbonyl (C=O) groups is 1. The van der Waals surface area contributed by atoms with Gasteiger partial charge in [0, 0.05) is 6.61 Å². The fourth-order valence-electron chi connectivity index (χ4n) is 2.28. The van der Waals surface area contributed by atoms with Crippen molar-refractivity contribution in [1.29, 1.82) is 0 Å². The SMILES string of the molecule is CCC(CC)C1OCCCC1C(=O)O. The van der Waals surface area contributed by atoms with Crippen LogP contribution < -0.4 is 0 Å². The first-order valence-corrected chi connectivity index (χ1v) is 5.55. The molecule has 1 fully saturated rings. The van der Waals surface area contributed by atoms with Crippen LogP contribution in [0.3, 0.4) is 0 Å². The maximum Gasteiger partial charge on any atom is 0.309 e. The molecule has 0 bridgehead atoms. The second-order valence-electron chi connectivity index (χ2n) is 4.00. The van der Waals surface area contributed by atoms with Crippen LogP contribution in [0.15, 0.2) is 0 Å². The van der Waals surface area contributed by atoms with Gasteiger partial charge in [0.15, 0.2) is 0 Å². The van der Waals surface area contributed by atoms with Crippen LogP contribution in [0.5, 0.6) is 0 Å². The molecule has 0 saturated carbocycles. The molecule has 0 aromatic rings. The van der Waals surface area contributed by atoms with Gasteiger partial charge < -0.3 is 9.84 Å². The first-order valence-electron chi connectivity index (χ1n) is 5.55. The van der Waals surface area contributed by atoms with Gasteiger partial charge >= 0.3 is 5.97 Å². The first-order chi connectivity index (χ1) is 6.70. The Balaban J connectivity index is 2.65. The van der Waals surface area contributed by atoms with Crippen molar-refractivity contribution in [2.45, 2.75) is 45.6 Å². The van der Waals surface area contributed by atoms with E-state index in [-0.39, 0.29) is 12.0 Å². The average Bonchev–Trinajstić information content (AvgIpc) is 2.20. The molecule has 0 spiro atoms. The molecule has 82 valence electrons. The molecule has 0 aromatic heterocycles. The summed E-state index contributed by atoms with van der Waals surface area (Å²) in [7, 11) is 0. The Morgan fingerprint density at radius 1 is 1.50 bits per heavy atom. The Labute approximate surface area is 85.5 Å². The number of carboxylic acid groups (broad SMARTS) is 1. The lowest BCUT2D eigenvalue weighted by Gasteiger charge is -2.34. The van der Waals surface area contributed by atoms with Crippen molar-refractivity contribution in [3.05, 3.63) is 0 Å². The smallest absolute Gasteiger partial charge is 0.309 e. The summed E-state index contributed by atoms with van der Waals surface area (Å²) >= 11 is 0. The second kappa shape index (κ2) is 5.35. The molecule has 3 nitrogen and oxygen atoms in total. The highest BCUT2D eigenvalue weighted by atomic mass is 16.5. The summed E-state index contributed by atoms with van der Waals surface area (Å²) in [6.07, 6.45) is 3.61. The highest BCUT2D eigenvalue weighted by molar-refractivity contribution is 5.70. The molecule has 0 amide bonds. The predicted octanol–water partition coefficient (Wildman–Crippen LogP) is 2.30. The molecule has 3 heteroatoms. The summed E-state index contributed by atoms with van der Waals surface area (Å²) in [6.45, 7) is 4.93. The summed E-state index contributed by atoms with van der Waals surface area (Å²) in [5, 5.41) is 9.07. The fraction of sp³-hybridized carbons (Fsp3) is 0.909. The number of ether oxygens (including phenoxy) is 1. The Kier molecular flexibility index (Phi) is 4.39. The van der Waals surface area contributed by atoms with Crippen molar-refractivity contribution in [1.82, 2.24) is 0 Å². The van der Waals surface area contributed by atoms with E-state index in [1.54, 1.807) is 0 Å². The van der Waals surface area contributed by atoms with E-state index in [1.807, 2.05) is 0 Å². The standard InChI is InChI=1S/C11H20O3/c1-3-8(4-2)10-9(11(12)13)6-5-7-14-10/h8-10H,3-7H2,1-2H3,(H,12,13). The molecule has 0 radical (unpaired) electrons. The van der Waals surface area contributed by atoms with Crippen molar-refractivity contribution in [3.63, 3.8) is 0 Å². The normalized spacial score (nSPS) is 27.9. The lowest BCUT2D eigenvalue weighted by molar-refractivity contribution is -0.155. The van der Waals surface area contributed by atoms with Gasteiger partial charge in [0.25, 0.3) is 0 Å². The Morgan fingerprint density at radius 2 is 2.14 bits per heavy atom. The molecule has 1 saturated heterocycles. The monoisotopic (exact) mass is 200 g/mol. The van der Waals surface area contributed by atoms with E-state index in [2.05, 4.69) is 13.8 Å². The minimum atomic E-state index is -0.693. The van der Waals surface area contributed by atoms with Crippen LogP contribution in [0.4, 0.5) is 0 Å². The molecule has 1 heterocycles. The molecule has 0 aromatic carbocycles. The van der Waals surface area contributed by atoms with E-state index in [0.717, 1.165) is 32.3 Å². The van der Waals surface area contributed by atoms with Gasteiger partial charge in [-0.15, -0.1) is 0 Å². The van der Waals surface area contributed by atoms with Crippen LogP contribution >= 0.6 is 0 Å². The van der Waals surface area contributed by atoms with Crippen LogP contribution in [0, 0.1) is 11.8 Å². The predicted molar refractivity (Wildman–Crippen MR) is 54.2 cm³/mol. The quantitative estimate of drug-likeness (QED) is 0.757. The third kappa shape index (κ3) is 2.47. The van der Waals surface area contributed by atoms with Crippen LogP contribution in [0.25, 0.3) is 0 Å². The van der Waals surface area contributed by atoms with Crippen LogP contribution in [0.2, 0.25) is 0 Å². The first kappa shape index (κ1) is 11.5. The minimum Gasteiger partial charge on any atom is -0.481 e. The summed E-state index contributed by atoms with van der Waals surface area (Å²) in [4.78, 5) is 11.0. The van der Waals surface area contributed by atoms with E-state index >= 15 is 0 Å². The summed E-state index contributed by atoms with van der Waals surface area (Å²) in [5.41, 5.74) is 0. The van der Waals surface area contributed by atoms with Crippen LogP contribution in [-0.4, -0.2) is 23.8 Å². The van der Waals surface area contributed by atoms with Crippen molar-refractivity contribution >= 4 is 5.97 Å². The lowest BCUT2D eigenvalue weighted by atomic mass is 9.83. The van der Waals surface area contributed by atoms with Gasteiger partial charge in [-0.2, -0.15) is 0 Å². The van der Waals surface area contributed by atoms with Crippen molar-refractivity contribution in [2.75, 3.05) is 6.61 Å². The summed E-state index contributed by atoms with van der Waals surface area (Å²) < 4.78 is 5.61. The van der Waals surface area contributed by atoms with E-state index in [9.17, 15) is 4.79 Å². The molecule has 2 atom stereocenters. The summed E-state index contributed by atoms with van der Waals surface area (Å²) in [5.74, 6) is -0.577. The fourth-order valence-corrected chi connectivity index (χ4v) is 2.28. The van der Waals surface area contributed by atoms with Gasteiger partial charge in [-0.1, -0.05) is 26.7 Å². The third-order valence-electron chi connectivity index (χ3n) is 3.20. The van der Waals surface area contributed by atoms with Crippen LogP contribution in [-0.2, 0) is 9.53 Å². The number of rotatable bonds is 4. The number of carboxylic acids is 1. The Morgan fingerprint density at radius 3 is 2.64 bits per heavy atom. The zero-order valence-corrected chi connectivity index (χ0v) is 9.03. The van der Waals surface area contributed by atoms with E-state index < -0.39 is 5.97 Å². The molecule has 2 unspecified atom stereocenters. The topological polar surface area (TPSA) is 46.5 Å². The average molecular weight is 200 g/mol. The lowest BCUT2D eigenvalue weighted by Crippen LogP contribution is -2.40. The Bertz CT molecular complexity index is 187. The zero-order valence-electron chi connectivity index (χ0n) is 9.03. The van der Waals surface area contributed by atoms with Gasteiger partial charge in [-0.05, 0) is 18.8 Å². The van der Waals surface area contributed by atoms with E-state index in [1.165, 1.54) is 0 Å². The summed E-state index contributed by atoms with van der Waals surface area (Å²) in [6, 6.07) is 0. The number of aliphatic carboxylic acids is 1. The highest BCUT2D eigenvalue weighted by Crippen LogP contribution is 2.30. The van der Waals surface area contributed by atoms with Crippen molar-refractivity contribution < 1.29 is 14.6 Å². The highest BCUT2D eigenvalue weighted by Gasteiger charge is 2.35. The van der Waals surface area contributed by atoms with Gasteiger partial charge in [0.05, 0.1) is 12.0 Å². The van der Waals surface area contributed by atoms with Gasteiger partial charge in [-0.3, -0.25) is 4.79 Å². The number of hydrogen-bond donors (Lipinski definition) is 1. The van der Waals surface area contributed by atoms with Crippen molar-refractivity contribution in [3.8, 4) is 0 Å². The molecule has 14 heavy (non-hydrogen) atoms. The molecular formula is C11H20O3. The minimum absolute atomic E-state index is 0.0590. The molecule has 0 aliphatic carbocycles. The van der Waals surface area contributed by atoms with Crippen LogP contribution in [0.1, 0.15) is 39.5 Å². The Hall–Kier alpha value is -0.570. The molecule has 1 aliphatic rings.